The lowest BCUT2D eigenvalue weighted by atomic mass is 10.0. The molecule has 1 fully saturated rings. The van der Waals surface area contributed by atoms with Gasteiger partial charge < -0.3 is 15.4 Å². The first-order chi connectivity index (χ1) is 12.2. The molecule has 0 radical (unpaired) electrons. The van der Waals surface area contributed by atoms with Crippen molar-refractivity contribution in [3.05, 3.63) is 71.8 Å². The molecule has 2 aromatic carbocycles. The molecule has 0 aromatic heterocycles. The summed E-state index contributed by atoms with van der Waals surface area (Å²) >= 11 is 0. The summed E-state index contributed by atoms with van der Waals surface area (Å²) in [6, 6.07) is 20.2. The monoisotopic (exact) mass is 374 g/mol. The van der Waals surface area contributed by atoms with Gasteiger partial charge >= 0.3 is 0 Å². The van der Waals surface area contributed by atoms with E-state index in [4.69, 9.17) is 10.5 Å². The van der Waals surface area contributed by atoms with Gasteiger partial charge in [0.15, 0.2) is 0 Å². The van der Waals surface area contributed by atoms with Crippen molar-refractivity contribution in [2.75, 3.05) is 6.54 Å². The molecule has 0 spiro atoms. The summed E-state index contributed by atoms with van der Waals surface area (Å²) in [6.07, 6.45) is 1.21. The molecule has 0 bridgehead atoms. The standard InChI is InChI=1S/C21H26N2O2.ClH/c1-16(18-10-6-3-7-11-18)23(15-17-8-4-2-5-9-17)21(24)20-13-12-19(14-22)25-20;/h2-11,16,19-20H,12-15,22H2,1H3;1H/t16?,19-,20+;/m1./s1. The molecule has 140 valence electrons. The van der Waals surface area contributed by atoms with Crippen molar-refractivity contribution in [3.8, 4) is 0 Å². The highest BCUT2D eigenvalue weighted by molar-refractivity contribution is 5.85. The molecule has 0 saturated carbocycles. The molecule has 1 unspecified atom stereocenters. The summed E-state index contributed by atoms with van der Waals surface area (Å²) < 4.78 is 5.86. The van der Waals surface area contributed by atoms with E-state index in [9.17, 15) is 4.79 Å². The predicted molar refractivity (Wildman–Crippen MR) is 106 cm³/mol. The topological polar surface area (TPSA) is 55.6 Å². The van der Waals surface area contributed by atoms with Crippen LogP contribution in [0.1, 0.15) is 36.9 Å². The summed E-state index contributed by atoms with van der Waals surface area (Å²) in [4.78, 5) is 15.1. The van der Waals surface area contributed by atoms with E-state index >= 15 is 0 Å². The molecule has 0 aliphatic carbocycles. The molecular weight excluding hydrogens is 348 g/mol. The maximum atomic E-state index is 13.2. The number of nitrogens with zero attached hydrogens (tertiary/aromatic N) is 1. The van der Waals surface area contributed by atoms with Gasteiger partial charge in [0.05, 0.1) is 12.1 Å². The molecule has 3 rings (SSSR count). The highest BCUT2D eigenvalue weighted by Gasteiger charge is 2.34. The lowest BCUT2D eigenvalue weighted by molar-refractivity contribution is -0.145. The van der Waals surface area contributed by atoms with E-state index in [1.807, 2.05) is 41.3 Å². The fourth-order valence-corrected chi connectivity index (χ4v) is 3.34. The third kappa shape index (κ3) is 4.85. The van der Waals surface area contributed by atoms with E-state index in [1.165, 1.54) is 0 Å². The number of benzene rings is 2. The Morgan fingerprint density at radius 3 is 2.31 bits per heavy atom. The first-order valence-electron chi connectivity index (χ1n) is 8.94. The van der Waals surface area contributed by atoms with Crippen molar-refractivity contribution in [2.45, 2.75) is 44.6 Å². The molecule has 2 N–H and O–H groups in total. The van der Waals surface area contributed by atoms with Crippen LogP contribution in [0.5, 0.6) is 0 Å². The maximum absolute atomic E-state index is 13.2. The highest BCUT2D eigenvalue weighted by atomic mass is 35.5. The average molecular weight is 375 g/mol. The van der Waals surface area contributed by atoms with Gasteiger partial charge in [-0.05, 0) is 30.9 Å². The fourth-order valence-electron chi connectivity index (χ4n) is 3.34. The summed E-state index contributed by atoms with van der Waals surface area (Å²) in [5.41, 5.74) is 7.94. The van der Waals surface area contributed by atoms with Gasteiger partial charge in [0.2, 0.25) is 0 Å². The number of nitrogens with two attached hydrogens (primary N) is 1. The zero-order chi connectivity index (χ0) is 17.6. The summed E-state index contributed by atoms with van der Waals surface area (Å²) in [7, 11) is 0. The van der Waals surface area contributed by atoms with Gasteiger partial charge in [-0.3, -0.25) is 4.79 Å². The second kappa shape index (κ2) is 9.72. The van der Waals surface area contributed by atoms with Crippen LogP contribution in [-0.4, -0.2) is 29.6 Å². The largest absolute Gasteiger partial charge is 0.364 e. The molecule has 5 heteroatoms. The van der Waals surface area contributed by atoms with Gasteiger partial charge in [-0.15, -0.1) is 12.4 Å². The Bertz CT molecular complexity index is 681. The molecule has 1 amide bonds. The number of ether oxygens (including phenoxy) is 1. The number of amides is 1. The number of carbonyl (C=O) groups is 1. The lowest BCUT2D eigenvalue weighted by Gasteiger charge is -2.32. The predicted octanol–water partition coefficient (Wildman–Crippen LogP) is 3.70. The zero-order valence-electron chi connectivity index (χ0n) is 15.1. The minimum Gasteiger partial charge on any atom is -0.364 e. The zero-order valence-corrected chi connectivity index (χ0v) is 15.9. The molecule has 4 nitrogen and oxygen atoms in total. The van der Waals surface area contributed by atoms with Crippen LogP contribution in [-0.2, 0) is 16.1 Å². The van der Waals surface area contributed by atoms with E-state index in [0.717, 1.165) is 24.0 Å². The molecule has 1 saturated heterocycles. The number of hydrogen-bond donors (Lipinski definition) is 1. The van der Waals surface area contributed by atoms with Crippen molar-refractivity contribution in [1.82, 2.24) is 4.90 Å². The molecule has 1 aliphatic heterocycles. The van der Waals surface area contributed by atoms with E-state index in [1.54, 1.807) is 0 Å². The highest BCUT2D eigenvalue weighted by Crippen LogP contribution is 2.27. The van der Waals surface area contributed by atoms with Gasteiger partial charge in [0, 0.05) is 13.1 Å². The van der Waals surface area contributed by atoms with Crippen LogP contribution in [0.4, 0.5) is 0 Å². The van der Waals surface area contributed by atoms with Gasteiger partial charge in [0.25, 0.3) is 5.91 Å². The normalized spacial score (nSPS) is 20.2. The van der Waals surface area contributed by atoms with Crippen LogP contribution < -0.4 is 5.73 Å². The third-order valence-corrected chi connectivity index (χ3v) is 4.87. The Morgan fingerprint density at radius 1 is 1.12 bits per heavy atom. The smallest absolute Gasteiger partial charge is 0.252 e. The van der Waals surface area contributed by atoms with Crippen LogP contribution in [0.2, 0.25) is 0 Å². The van der Waals surface area contributed by atoms with Crippen LogP contribution in [0.15, 0.2) is 60.7 Å². The summed E-state index contributed by atoms with van der Waals surface area (Å²) in [5.74, 6) is 0.0520. The first-order valence-corrected chi connectivity index (χ1v) is 8.94. The number of carbonyl (C=O) groups excluding carboxylic acids is 1. The van der Waals surface area contributed by atoms with E-state index < -0.39 is 0 Å². The maximum Gasteiger partial charge on any atom is 0.252 e. The number of halogens is 1. The van der Waals surface area contributed by atoms with E-state index in [0.29, 0.717) is 13.1 Å². The lowest BCUT2D eigenvalue weighted by Crippen LogP contribution is -2.40. The Morgan fingerprint density at radius 2 is 1.73 bits per heavy atom. The van der Waals surface area contributed by atoms with Gasteiger partial charge in [-0.2, -0.15) is 0 Å². The van der Waals surface area contributed by atoms with Gasteiger partial charge in [-0.25, -0.2) is 0 Å². The quantitative estimate of drug-likeness (QED) is 0.838. The van der Waals surface area contributed by atoms with E-state index in [-0.39, 0.29) is 36.6 Å². The summed E-state index contributed by atoms with van der Waals surface area (Å²) in [6.45, 7) is 3.12. The molecule has 1 aliphatic rings. The second-order valence-electron chi connectivity index (χ2n) is 6.60. The Balaban J connectivity index is 0.00000243. The van der Waals surface area contributed by atoms with Crippen molar-refractivity contribution in [1.29, 1.82) is 0 Å². The van der Waals surface area contributed by atoms with Crippen LogP contribution in [0, 0.1) is 0 Å². The van der Waals surface area contributed by atoms with Gasteiger partial charge in [0.1, 0.15) is 6.10 Å². The van der Waals surface area contributed by atoms with Crippen LogP contribution in [0.25, 0.3) is 0 Å². The summed E-state index contributed by atoms with van der Waals surface area (Å²) in [5, 5.41) is 0. The minimum absolute atomic E-state index is 0. The van der Waals surface area contributed by atoms with Gasteiger partial charge in [-0.1, -0.05) is 60.7 Å². The van der Waals surface area contributed by atoms with Crippen molar-refractivity contribution in [2.24, 2.45) is 5.73 Å². The first kappa shape index (κ1) is 20.4. The van der Waals surface area contributed by atoms with Crippen molar-refractivity contribution in [3.63, 3.8) is 0 Å². The molecule has 2 aromatic rings. The van der Waals surface area contributed by atoms with Crippen LogP contribution in [0.3, 0.4) is 0 Å². The Labute approximate surface area is 161 Å². The third-order valence-electron chi connectivity index (χ3n) is 4.87. The molecule has 1 heterocycles. The van der Waals surface area contributed by atoms with Crippen LogP contribution >= 0.6 is 12.4 Å². The number of rotatable bonds is 6. The van der Waals surface area contributed by atoms with Crippen molar-refractivity contribution < 1.29 is 9.53 Å². The SMILES string of the molecule is CC(c1ccccc1)N(Cc1ccccc1)C(=O)[C@@H]1CC[C@H](CN)O1.Cl. The Kier molecular flexibility index (Phi) is 7.64. The fraction of sp³-hybridized carbons (Fsp3) is 0.381. The minimum atomic E-state index is -0.386. The number of hydrogen-bond acceptors (Lipinski definition) is 3. The second-order valence-corrected chi connectivity index (χ2v) is 6.60. The molecule has 26 heavy (non-hydrogen) atoms. The average Bonchev–Trinajstić information content (AvgIpc) is 3.16. The molecule has 3 atom stereocenters. The van der Waals surface area contributed by atoms with Crippen molar-refractivity contribution >= 4 is 18.3 Å². The van der Waals surface area contributed by atoms with E-state index in [2.05, 4.69) is 31.2 Å². The Hall–Kier alpha value is -1.88. The molecular formula is C21H27ClN2O2.